The monoisotopic (exact) mass is 1060 g/mol. The number of fused-ring (bicyclic) bond motifs is 3. The van der Waals surface area contributed by atoms with E-state index in [4.69, 9.17) is 25.1 Å². The molecule has 0 bridgehead atoms. The zero-order valence-corrected chi connectivity index (χ0v) is 40.7. The number of nitrogens with zero attached hydrogens (tertiary/aromatic N) is 15. The van der Waals surface area contributed by atoms with Crippen molar-refractivity contribution in [2.24, 2.45) is 21.1 Å². The third-order valence-electron chi connectivity index (χ3n) is 10.9. The van der Waals surface area contributed by atoms with Gasteiger partial charge >= 0.3 is 22.7 Å². The Hall–Kier alpha value is -8.23. The molecule has 0 spiro atoms. The molecule has 0 saturated carbocycles. The maximum atomic E-state index is 12.6. The lowest BCUT2D eigenvalue weighted by molar-refractivity contribution is -0.0499. The van der Waals surface area contributed by atoms with Crippen LogP contribution in [-0.2, 0) is 40.6 Å². The summed E-state index contributed by atoms with van der Waals surface area (Å²) in [7, 11) is -0.871. The Kier molecular flexibility index (Phi) is 13.8. The van der Waals surface area contributed by atoms with Crippen molar-refractivity contribution >= 4 is 55.2 Å². The first-order valence-electron chi connectivity index (χ1n) is 20.5. The summed E-state index contributed by atoms with van der Waals surface area (Å²) in [4.78, 5) is 0. The molecule has 9 aromatic rings. The minimum atomic E-state index is -5.91. The predicted octanol–water partition coefficient (Wildman–Crippen LogP) is 5.54. The van der Waals surface area contributed by atoms with Crippen molar-refractivity contribution < 1.29 is 45.3 Å². The van der Waals surface area contributed by atoms with Gasteiger partial charge in [-0.3, -0.25) is 14.0 Å². The van der Waals surface area contributed by atoms with E-state index in [2.05, 4.69) is 50.7 Å². The summed E-state index contributed by atoms with van der Waals surface area (Å²) in [6.07, 6.45) is 19.0. The smallest absolute Gasteiger partial charge is 0.506 e. The van der Waals surface area contributed by atoms with Crippen LogP contribution in [0.4, 0.5) is 13.2 Å². The van der Waals surface area contributed by atoms with Gasteiger partial charge in [0.15, 0.2) is 5.75 Å². The van der Waals surface area contributed by atoms with Gasteiger partial charge in [-0.15, -0.1) is 0 Å². The highest BCUT2D eigenvalue weighted by Crippen LogP contribution is 2.37. The third kappa shape index (κ3) is 10.5. The highest BCUT2D eigenvalue weighted by Gasteiger charge is 2.52. The molecule has 1 saturated heterocycles. The number of rotatable bonds is 5. The molecule has 10 rings (SSSR count). The molecule has 1 aliphatic heterocycles. The summed E-state index contributed by atoms with van der Waals surface area (Å²) in [5.41, 5.74) is -1.49. The van der Waals surface area contributed by atoms with E-state index in [-0.39, 0.29) is 40.9 Å². The van der Waals surface area contributed by atoms with Crippen LogP contribution in [0.3, 0.4) is 0 Å². The molecule has 2 N–H and O–H groups in total. The quantitative estimate of drug-likeness (QED) is 0.122. The second kappa shape index (κ2) is 19.3. The number of nitriles is 3. The lowest BCUT2D eigenvalue weighted by atomic mass is 9.82. The SMILES string of the molecule is Cn1cc(-c2cc(O)c3c(C#N)cnn3c2)cn1.Cn1cc(-c2cc(OS(=O)(=O)C(F)(F)F)c3c(C#N)cnn3c2)cn1.Cn1cc(B2OC(C)(C)C(C)(C)O2)cn1.N#Cc1cnn2cc(Br)cc(O)c12. The summed E-state index contributed by atoms with van der Waals surface area (Å²) in [5, 5.41) is 70.1. The Morgan fingerprint density at radius 1 is 0.620 bits per heavy atom. The number of halogens is 4. The summed E-state index contributed by atoms with van der Waals surface area (Å²) in [6.45, 7) is 8.18. The zero-order chi connectivity index (χ0) is 51.8. The Morgan fingerprint density at radius 2 is 1.04 bits per heavy atom. The van der Waals surface area contributed by atoms with Crippen molar-refractivity contribution in [3.63, 3.8) is 0 Å². The van der Waals surface area contributed by atoms with Crippen molar-refractivity contribution in [3.8, 4) is 57.7 Å². The first-order valence-corrected chi connectivity index (χ1v) is 22.7. The molecule has 22 nitrogen and oxygen atoms in total. The Labute approximate surface area is 409 Å². The van der Waals surface area contributed by atoms with Crippen molar-refractivity contribution in [2.75, 3.05) is 0 Å². The van der Waals surface area contributed by atoms with Crippen LogP contribution < -0.4 is 9.65 Å². The fraction of sp³-hybridized carbons (Fsp3) is 0.233. The van der Waals surface area contributed by atoms with Crippen LogP contribution >= 0.6 is 15.9 Å². The second-order valence-corrected chi connectivity index (χ2v) is 18.9. The predicted molar refractivity (Wildman–Crippen MR) is 250 cm³/mol. The summed E-state index contributed by atoms with van der Waals surface area (Å²) in [6, 6.07) is 9.88. The van der Waals surface area contributed by atoms with Crippen molar-refractivity contribution in [1.29, 1.82) is 15.8 Å². The van der Waals surface area contributed by atoms with E-state index in [1.165, 1.54) is 44.6 Å². The minimum absolute atomic E-state index is 0.0328. The number of aromatic nitrogens is 12. The van der Waals surface area contributed by atoms with E-state index in [1.54, 1.807) is 59.5 Å². The van der Waals surface area contributed by atoms with E-state index in [9.17, 15) is 31.8 Å². The van der Waals surface area contributed by atoms with Gasteiger partial charge in [0.1, 0.15) is 62.9 Å². The van der Waals surface area contributed by atoms with Crippen LogP contribution in [0.25, 0.3) is 38.8 Å². The van der Waals surface area contributed by atoms with Gasteiger partial charge in [-0.1, -0.05) is 0 Å². The van der Waals surface area contributed by atoms with Crippen LogP contribution in [0.1, 0.15) is 44.4 Å². The van der Waals surface area contributed by atoms with E-state index >= 15 is 0 Å². The summed E-state index contributed by atoms with van der Waals surface area (Å²) >= 11 is 3.21. The van der Waals surface area contributed by atoms with E-state index in [0.717, 1.165) is 33.4 Å². The van der Waals surface area contributed by atoms with Crippen LogP contribution in [0, 0.1) is 34.0 Å². The maximum absolute atomic E-state index is 12.6. The van der Waals surface area contributed by atoms with E-state index < -0.39 is 21.4 Å². The van der Waals surface area contributed by atoms with Gasteiger partial charge in [0, 0.05) is 96.7 Å². The van der Waals surface area contributed by atoms with Gasteiger partial charge in [-0.05, 0) is 61.8 Å². The average Bonchev–Trinajstić information content (AvgIpc) is 4.16. The molecule has 0 unspecified atom stereocenters. The maximum Gasteiger partial charge on any atom is 0.534 e. The Bertz CT molecular complexity index is 3690. The molecule has 10 heterocycles. The molecule has 0 aromatic carbocycles. The Morgan fingerprint density at radius 3 is 1.48 bits per heavy atom. The van der Waals surface area contributed by atoms with Gasteiger partial charge in [0.2, 0.25) is 0 Å². The van der Waals surface area contributed by atoms with Gasteiger partial charge in [-0.2, -0.15) is 68.0 Å². The van der Waals surface area contributed by atoms with Crippen LogP contribution in [0.15, 0.2) is 97.0 Å². The average molecular weight is 1060 g/mol. The molecule has 0 amide bonds. The minimum Gasteiger partial charge on any atom is -0.506 e. The number of aryl methyl sites for hydroxylation is 3. The van der Waals surface area contributed by atoms with Crippen molar-refractivity contribution in [1.82, 2.24) is 58.2 Å². The molecular weight excluding hydrogens is 1020 g/mol. The first-order chi connectivity index (χ1) is 33.3. The van der Waals surface area contributed by atoms with Crippen molar-refractivity contribution in [2.45, 2.75) is 44.4 Å². The van der Waals surface area contributed by atoms with Gasteiger partial charge in [0.05, 0.1) is 42.2 Å². The van der Waals surface area contributed by atoms with Crippen molar-refractivity contribution in [3.05, 3.63) is 114 Å². The fourth-order valence-electron chi connectivity index (χ4n) is 6.72. The molecular formula is C43H38BBrF3N15O7S. The van der Waals surface area contributed by atoms with Gasteiger partial charge in [-0.25, -0.2) is 13.5 Å². The number of hydrogen-bond acceptors (Lipinski definition) is 16. The molecule has 28 heteroatoms. The second-order valence-electron chi connectivity index (χ2n) is 16.5. The molecule has 0 aliphatic carbocycles. The topological polar surface area (TPSA) is 279 Å². The number of aromatic hydroxyl groups is 2. The van der Waals surface area contributed by atoms with Crippen LogP contribution in [0.2, 0.25) is 0 Å². The van der Waals surface area contributed by atoms with Crippen LogP contribution in [-0.4, -0.2) is 101 Å². The lowest BCUT2D eigenvalue weighted by Crippen LogP contribution is -2.41. The highest BCUT2D eigenvalue weighted by atomic mass is 79.9. The molecule has 71 heavy (non-hydrogen) atoms. The van der Waals surface area contributed by atoms with Crippen LogP contribution in [0.5, 0.6) is 17.2 Å². The first kappa shape index (κ1) is 50.6. The number of pyridine rings is 3. The summed E-state index contributed by atoms with van der Waals surface area (Å²) in [5.74, 6) is -0.582. The van der Waals surface area contributed by atoms with E-state index in [1.807, 2.05) is 66.3 Å². The number of hydrogen-bond donors (Lipinski definition) is 2. The molecule has 1 fully saturated rings. The highest BCUT2D eigenvalue weighted by molar-refractivity contribution is 9.10. The van der Waals surface area contributed by atoms with Gasteiger partial charge in [0.25, 0.3) is 0 Å². The summed E-state index contributed by atoms with van der Waals surface area (Å²) < 4.78 is 86.3. The standard InChI is InChI=1S/C13H8F3N5O3S.C12H9N5O.C10H17BN2O2.C8H4BrN3O/c1-20-6-10(5-18-20)8-2-11(24-25(22,23)13(14,15)16)12-9(3-17)4-19-21(12)7-8;1-16-6-10(5-14-16)8-2-11(18)12-9(3-13)4-15-17(12)7-8;1-9(2)10(3,4)15-11(14-9)8-6-12-13(5)7-8;9-6-1-7(13)8-5(2-10)3-11-12(8)4-6/h2,4-7H,1H3;2,4-7,18H,1H3;6-7H,1-5H3;1,3-4,13H. The molecule has 364 valence electrons. The molecule has 1 aliphatic rings. The zero-order valence-electron chi connectivity index (χ0n) is 38.3. The normalized spacial score (nSPS) is 13.8. The largest absolute Gasteiger partial charge is 0.534 e. The fourth-order valence-corrected chi connectivity index (χ4v) is 7.59. The lowest BCUT2D eigenvalue weighted by Gasteiger charge is -2.32. The number of alkyl halides is 3. The molecule has 9 aromatic heterocycles. The van der Waals surface area contributed by atoms with E-state index in [0.29, 0.717) is 37.8 Å². The Balaban J connectivity index is 0.000000144. The van der Waals surface area contributed by atoms with Gasteiger partial charge < -0.3 is 23.7 Å². The molecule has 0 atom stereocenters. The third-order valence-corrected chi connectivity index (χ3v) is 12.3. The molecule has 0 radical (unpaired) electrons.